The fraction of sp³-hybridized carbons (Fsp3) is 0.167. The summed E-state index contributed by atoms with van der Waals surface area (Å²) in [5, 5.41) is 0.404. The van der Waals surface area contributed by atoms with Crippen LogP contribution in [0.5, 0.6) is 5.75 Å². The first kappa shape index (κ1) is 18.7. The van der Waals surface area contributed by atoms with Crippen molar-refractivity contribution in [2.45, 2.75) is 20.8 Å². The van der Waals surface area contributed by atoms with Crippen molar-refractivity contribution in [3.05, 3.63) is 87.3 Å². The third-order valence-electron chi connectivity index (χ3n) is 4.93. The molecule has 146 valence electrons. The quantitative estimate of drug-likeness (QED) is 0.437. The molecule has 0 fully saturated rings. The molecule has 4 rings (SSSR count). The number of hydrogen-bond acceptors (Lipinski definition) is 5. The maximum Gasteiger partial charge on any atom is 0.235 e. The van der Waals surface area contributed by atoms with E-state index >= 15 is 0 Å². The van der Waals surface area contributed by atoms with Gasteiger partial charge < -0.3 is 13.6 Å². The summed E-state index contributed by atoms with van der Waals surface area (Å²) >= 11 is 0. The number of carbonyl (C=O) groups excluding carboxylic acids is 1. The Bertz CT molecular complexity index is 1250. The zero-order chi connectivity index (χ0) is 20.5. The summed E-state index contributed by atoms with van der Waals surface area (Å²) < 4.78 is 17.1. The molecule has 0 saturated carbocycles. The highest BCUT2D eigenvalue weighted by molar-refractivity contribution is 5.97. The largest absolute Gasteiger partial charge is 0.478 e. The van der Waals surface area contributed by atoms with Gasteiger partial charge >= 0.3 is 0 Å². The minimum absolute atomic E-state index is 0.0313. The monoisotopic (exact) mass is 388 g/mol. The lowest BCUT2D eigenvalue weighted by Crippen LogP contribution is -2.17. The van der Waals surface area contributed by atoms with Crippen molar-refractivity contribution >= 4 is 16.8 Å². The standard InChI is InChI=1S/C24H20O5/c1-14-6-8-17(9-7-14)19(25)13-28-24-22(26)18-11-15(2)16(3)12-21(18)29-23(24)20-5-4-10-27-20/h4-12H,13H2,1-3H3. The zero-order valence-corrected chi connectivity index (χ0v) is 16.4. The van der Waals surface area contributed by atoms with E-state index < -0.39 is 0 Å². The molecular formula is C24H20O5. The van der Waals surface area contributed by atoms with Gasteiger partial charge in [-0.05, 0) is 56.2 Å². The highest BCUT2D eigenvalue weighted by Crippen LogP contribution is 2.32. The smallest absolute Gasteiger partial charge is 0.235 e. The molecular weight excluding hydrogens is 368 g/mol. The SMILES string of the molecule is Cc1ccc(C(=O)COc2c(-c3ccco3)oc3cc(C)c(C)cc3c2=O)cc1. The van der Waals surface area contributed by atoms with Gasteiger partial charge in [-0.25, -0.2) is 0 Å². The average Bonchev–Trinajstić information content (AvgIpc) is 3.24. The number of furan rings is 1. The van der Waals surface area contributed by atoms with Gasteiger partial charge in [-0.15, -0.1) is 0 Å². The lowest BCUT2D eigenvalue weighted by molar-refractivity contribution is 0.0920. The number of rotatable bonds is 5. The molecule has 0 bridgehead atoms. The van der Waals surface area contributed by atoms with Crippen molar-refractivity contribution in [3.8, 4) is 17.3 Å². The Balaban J connectivity index is 1.77. The normalized spacial score (nSPS) is 11.0. The van der Waals surface area contributed by atoms with Crippen LogP contribution in [0, 0.1) is 20.8 Å². The van der Waals surface area contributed by atoms with Crippen molar-refractivity contribution < 1.29 is 18.4 Å². The van der Waals surface area contributed by atoms with Crippen LogP contribution in [0.3, 0.4) is 0 Å². The van der Waals surface area contributed by atoms with E-state index in [-0.39, 0.29) is 29.3 Å². The topological polar surface area (TPSA) is 69.7 Å². The van der Waals surface area contributed by atoms with Crippen molar-refractivity contribution in [2.24, 2.45) is 0 Å². The Labute approximate surface area is 167 Å². The summed E-state index contributed by atoms with van der Waals surface area (Å²) in [7, 11) is 0. The number of ketones is 1. The molecule has 0 atom stereocenters. The minimum Gasteiger partial charge on any atom is -0.478 e. The molecule has 2 aromatic carbocycles. The van der Waals surface area contributed by atoms with Gasteiger partial charge in [0.05, 0.1) is 11.6 Å². The predicted molar refractivity (Wildman–Crippen MR) is 111 cm³/mol. The Kier molecular flexibility index (Phi) is 4.80. The molecule has 0 unspecified atom stereocenters. The second kappa shape index (κ2) is 7.43. The maximum atomic E-state index is 13.2. The van der Waals surface area contributed by atoms with Crippen LogP contribution in [0.25, 0.3) is 22.5 Å². The van der Waals surface area contributed by atoms with Gasteiger partial charge in [0.25, 0.3) is 0 Å². The van der Waals surface area contributed by atoms with Crippen LogP contribution >= 0.6 is 0 Å². The first-order chi connectivity index (χ1) is 13.9. The van der Waals surface area contributed by atoms with E-state index in [9.17, 15) is 9.59 Å². The fourth-order valence-corrected chi connectivity index (χ4v) is 3.09. The molecule has 0 aliphatic rings. The predicted octanol–water partition coefficient (Wildman–Crippen LogP) is 5.24. The summed E-state index contributed by atoms with van der Waals surface area (Å²) in [6.07, 6.45) is 1.49. The fourth-order valence-electron chi connectivity index (χ4n) is 3.09. The summed E-state index contributed by atoms with van der Waals surface area (Å²) in [5.41, 5.74) is 3.67. The van der Waals surface area contributed by atoms with Gasteiger partial charge in [0.15, 0.2) is 18.2 Å². The minimum atomic E-state index is -0.336. The summed E-state index contributed by atoms with van der Waals surface area (Å²) in [6.45, 7) is 5.55. The molecule has 0 spiro atoms. The summed E-state index contributed by atoms with van der Waals surface area (Å²) in [6, 6.07) is 14.2. The maximum absolute atomic E-state index is 13.2. The second-order valence-electron chi connectivity index (χ2n) is 7.08. The van der Waals surface area contributed by atoms with Gasteiger partial charge in [0.2, 0.25) is 16.9 Å². The second-order valence-corrected chi connectivity index (χ2v) is 7.08. The van der Waals surface area contributed by atoms with Gasteiger partial charge in [-0.3, -0.25) is 9.59 Å². The average molecular weight is 388 g/mol. The molecule has 0 N–H and O–H groups in total. The molecule has 0 saturated heterocycles. The highest BCUT2D eigenvalue weighted by Gasteiger charge is 2.21. The van der Waals surface area contributed by atoms with Crippen molar-refractivity contribution in [3.63, 3.8) is 0 Å². The van der Waals surface area contributed by atoms with E-state index in [2.05, 4.69) is 0 Å². The summed E-state index contributed by atoms with van der Waals surface area (Å²) in [5.74, 6) is 0.276. The van der Waals surface area contributed by atoms with Crippen LogP contribution in [0.1, 0.15) is 27.0 Å². The Hall–Kier alpha value is -3.60. The first-order valence-electron chi connectivity index (χ1n) is 9.28. The molecule has 0 amide bonds. The third-order valence-corrected chi connectivity index (χ3v) is 4.93. The van der Waals surface area contributed by atoms with Crippen molar-refractivity contribution in [2.75, 3.05) is 6.61 Å². The molecule has 29 heavy (non-hydrogen) atoms. The van der Waals surface area contributed by atoms with Crippen LogP contribution in [0.2, 0.25) is 0 Å². The van der Waals surface area contributed by atoms with Crippen molar-refractivity contribution in [1.29, 1.82) is 0 Å². The van der Waals surface area contributed by atoms with Gasteiger partial charge in [-0.2, -0.15) is 0 Å². The Morgan fingerprint density at radius 3 is 2.41 bits per heavy atom. The van der Waals surface area contributed by atoms with E-state index in [4.69, 9.17) is 13.6 Å². The zero-order valence-electron chi connectivity index (χ0n) is 16.4. The number of fused-ring (bicyclic) bond motifs is 1. The van der Waals surface area contributed by atoms with E-state index in [1.807, 2.05) is 39.0 Å². The van der Waals surface area contributed by atoms with E-state index in [0.717, 1.165) is 16.7 Å². The molecule has 2 heterocycles. The van der Waals surface area contributed by atoms with Crippen LogP contribution in [-0.2, 0) is 0 Å². The Morgan fingerprint density at radius 2 is 1.72 bits per heavy atom. The number of aryl methyl sites for hydroxylation is 3. The van der Waals surface area contributed by atoms with Crippen LogP contribution in [0.4, 0.5) is 0 Å². The lowest BCUT2D eigenvalue weighted by atomic mass is 10.1. The summed E-state index contributed by atoms with van der Waals surface area (Å²) in [4.78, 5) is 25.7. The third kappa shape index (κ3) is 3.59. The van der Waals surface area contributed by atoms with Gasteiger partial charge in [-0.1, -0.05) is 29.8 Å². The molecule has 4 aromatic rings. The highest BCUT2D eigenvalue weighted by atomic mass is 16.5. The molecule has 5 nitrogen and oxygen atoms in total. The van der Waals surface area contributed by atoms with E-state index in [1.165, 1.54) is 6.26 Å². The Morgan fingerprint density at radius 1 is 1.00 bits per heavy atom. The van der Waals surface area contributed by atoms with E-state index in [1.54, 1.807) is 30.3 Å². The van der Waals surface area contributed by atoms with E-state index in [0.29, 0.717) is 22.3 Å². The van der Waals surface area contributed by atoms with Crippen LogP contribution < -0.4 is 10.2 Å². The number of benzene rings is 2. The first-order valence-corrected chi connectivity index (χ1v) is 9.28. The molecule has 0 radical (unpaired) electrons. The molecule has 0 aliphatic heterocycles. The number of ether oxygens (including phenoxy) is 1. The van der Waals surface area contributed by atoms with Gasteiger partial charge in [0.1, 0.15) is 5.58 Å². The van der Waals surface area contributed by atoms with Crippen molar-refractivity contribution in [1.82, 2.24) is 0 Å². The lowest BCUT2D eigenvalue weighted by Gasteiger charge is -2.11. The molecule has 0 aliphatic carbocycles. The molecule has 5 heteroatoms. The molecule has 2 aromatic heterocycles. The van der Waals surface area contributed by atoms with Crippen LogP contribution in [-0.4, -0.2) is 12.4 Å². The number of hydrogen-bond donors (Lipinski definition) is 0. The van der Waals surface area contributed by atoms with Gasteiger partial charge in [0, 0.05) is 5.56 Å². The number of Topliss-reactive ketones (excluding diaryl/α,β-unsaturated/α-hetero) is 1. The number of carbonyl (C=O) groups is 1. The van der Waals surface area contributed by atoms with Crippen LogP contribution in [0.15, 0.2) is 68.4 Å².